The van der Waals surface area contributed by atoms with E-state index >= 15 is 0 Å². The van der Waals surface area contributed by atoms with Crippen LogP contribution in [-0.4, -0.2) is 47.1 Å². The SMILES string of the molecule is O=CO.O=CO.[NH3+]CCCC(=O)NCCc1c[nH]c2ccccc12. The van der Waals surface area contributed by atoms with Crippen molar-refractivity contribution in [3.05, 3.63) is 36.0 Å². The van der Waals surface area contributed by atoms with Gasteiger partial charge in [0.2, 0.25) is 5.91 Å². The Labute approximate surface area is 139 Å². The van der Waals surface area contributed by atoms with Gasteiger partial charge in [-0.2, -0.15) is 0 Å². The van der Waals surface area contributed by atoms with Crippen molar-refractivity contribution in [3.8, 4) is 0 Å². The quantitative estimate of drug-likeness (QED) is 0.479. The van der Waals surface area contributed by atoms with Crippen LogP contribution in [-0.2, 0) is 20.8 Å². The summed E-state index contributed by atoms with van der Waals surface area (Å²) in [4.78, 5) is 31.4. The minimum absolute atomic E-state index is 0.124. The van der Waals surface area contributed by atoms with Crippen molar-refractivity contribution in [1.29, 1.82) is 0 Å². The predicted octanol–water partition coefficient (Wildman–Crippen LogP) is 0.250. The van der Waals surface area contributed by atoms with Gasteiger partial charge in [-0.25, -0.2) is 0 Å². The van der Waals surface area contributed by atoms with Gasteiger partial charge in [-0.05, 0) is 18.1 Å². The van der Waals surface area contributed by atoms with E-state index < -0.39 is 0 Å². The molecule has 132 valence electrons. The molecule has 0 aliphatic rings. The van der Waals surface area contributed by atoms with Gasteiger partial charge >= 0.3 is 0 Å². The van der Waals surface area contributed by atoms with Crippen molar-refractivity contribution in [3.63, 3.8) is 0 Å². The minimum Gasteiger partial charge on any atom is -0.483 e. The number of fused-ring (bicyclic) bond motifs is 1. The van der Waals surface area contributed by atoms with Gasteiger partial charge in [0, 0.05) is 36.5 Å². The zero-order valence-corrected chi connectivity index (χ0v) is 13.4. The summed E-state index contributed by atoms with van der Waals surface area (Å²) in [6.07, 6.45) is 4.32. The Hall–Kier alpha value is -2.87. The summed E-state index contributed by atoms with van der Waals surface area (Å²) < 4.78 is 0. The van der Waals surface area contributed by atoms with Crippen LogP contribution in [0, 0.1) is 0 Å². The Kier molecular flexibility index (Phi) is 12.1. The molecule has 1 amide bonds. The van der Waals surface area contributed by atoms with Gasteiger partial charge in [-0.15, -0.1) is 0 Å². The maximum Gasteiger partial charge on any atom is 0.290 e. The molecule has 0 unspecified atom stereocenters. The van der Waals surface area contributed by atoms with Gasteiger partial charge in [0.25, 0.3) is 12.9 Å². The van der Waals surface area contributed by atoms with E-state index in [-0.39, 0.29) is 18.9 Å². The van der Waals surface area contributed by atoms with E-state index in [1.807, 2.05) is 18.3 Å². The van der Waals surface area contributed by atoms with Crippen LogP contribution in [0.1, 0.15) is 18.4 Å². The molecule has 24 heavy (non-hydrogen) atoms. The largest absolute Gasteiger partial charge is 0.483 e. The number of rotatable bonds is 6. The highest BCUT2D eigenvalue weighted by molar-refractivity contribution is 5.83. The fourth-order valence-electron chi connectivity index (χ4n) is 2.05. The van der Waals surface area contributed by atoms with Crippen LogP contribution in [0.2, 0.25) is 0 Å². The number of benzene rings is 1. The number of nitrogens with one attached hydrogen (secondary N) is 2. The highest BCUT2D eigenvalue weighted by Gasteiger charge is 2.04. The van der Waals surface area contributed by atoms with Crippen LogP contribution in [0.5, 0.6) is 0 Å². The number of carbonyl (C=O) groups is 3. The molecule has 1 aromatic heterocycles. The van der Waals surface area contributed by atoms with E-state index in [0.29, 0.717) is 13.0 Å². The lowest BCUT2D eigenvalue weighted by atomic mass is 10.1. The average Bonchev–Trinajstić information content (AvgIpc) is 2.98. The number of hydrogen-bond acceptors (Lipinski definition) is 3. The van der Waals surface area contributed by atoms with Crippen LogP contribution >= 0.6 is 0 Å². The van der Waals surface area contributed by atoms with Crippen molar-refractivity contribution in [2.24, 2.45) is 0 Å². The molecule has 0 saturated carbocycles. The van der Waals surface area contributed by atoms with Crippen molar-refractivity contribution in [1.82, 2.24) is 10.3 Å². The number of hydrogen-bond donors (Lipinski definition) is 5. The molecule has 7 N–H and O–H groups in total. The average molecular weight is 338 g/mol. The van der Waals surface area contributed by atoms with Gasteiger partial charge in [0.05, 0.1) is 6.54 Å². The molecule has 0 atom stereocenters. The number of quaternary nitrogens is 1. The first-order valence-corrected chi connectivity index (χ1v) is 7.41. The Morgan fingerprint density at radius 2 is 1.83 bits per heavy atom. The number of carbonyl (C=O) groups excluding carboxylic acids is 1. The monoisotopic (exact) mass is 338 g/mol. The first kappa shape index (κ1) is 21.1. The van der Waals surface area contributed by atoms with Gasteiger partial charge in [-0.3, -0.25) is 14.4 Å². The fourth-order valence-corrected chi connectivity index (χ4v) is 2.05. The number of aromatic nitrogens is 1. The Bertz CT molecular complexity index is 607. The highest BCUT2D eigenvalue weighted by atomic mass is 16.3. The predicted molar refractivity (Wildman–Crippen MR) is 89.4 cm³/mol. The van der Waals surface area contributed by atoms with E-state index in [1.54, 1.807) is 0 Å². The van der Waals surface area contributed by atoms with Crippen molar-refractivity contribution in [2.75, 3.05) is 13.1 Å². The Morgan fingerprint density at radius 1 is 1.21 bits per heavy atom. The summed E-state index contributed by atoms with van der Waals surface area (Å²) in [6.45, 7) is 1.01. The van der Waals surface area contributed by atoms with Crippen LogP contribution < -0.4 is 11.1 Å². The molecule has 8 nitrogen and oxygen atoms in total. The fraction of sp³-hybridized carbons (Fsp3) is 0.312. The minimum atomic E-state index is -0.250. The van der Waals surface area contributed by atoms with Gasteiger partial charge in [0.15, 0.2) is 0 Å². The second-order valence-corrected chi connectivity index (χ2v) is 4.63. The summed E-state index contributed by atoms with van der Waals surface area (Å²) in [5, 5.41) is 18.0. The maximum atomic E-state index is 11.4. The van der Waals surface area contributed by atoms with Crippen molar-refractivity contribution < 1.29 is 30.3 Å². The third-order valence-electron chi connectivity index (χ3n) is 3.05. The van der Waals surface area contributed by atoms with Crippen LogP contribution in [0.4, 0.5) is 0 Å². The summed E-state index contributed by atoms with van der Waals surface area (Å²) in [6, 6.07) is 8.22. The summed E-state index contributed by atoms with van der Waals surface area (Å²) in [7, 11) is 0. The summed E-state index contributed by atoms with van der Waals surface area (Å²) in [5.41, 5.74) is 6.13. The molecule has 0 aliphatic heterocycles. The molecular weight excluding hydrogens is 314 g/mol. The van der Waals surface area contributed by atoms with E-state index in [9.17, 15) is 4.79 Å². The molecule has 1 heterocycles. The molecule has 0 aliphatic carbocycles. The molecule has 2 rings (SSSR count). The van der Waals surface area contributed by atoms with E-state index in [0.717, 1.165) is 24.9 Å². The first-order valence-electron chi connectivity index (χ1n) is 7.41. The van der Waals surface area contributed by atoms with Gasteiger partial charge < -0.3 is 26.2 Å². The molecule has 0 fully saturated rings. The number of para-hydroxylation sites is 1. The molecule has 1 aromatic carbocycles. The zero-order valence-electron chi connectivity index (χ0n) is 13.4. The molecule has 0 bridgehead atoms. The lowest BCUT2D eigenvalue weighted by Gasteiger charge is -2.03. The summed E-state index contributed by atoms with van der Waals surface area (Å²) >= 11 is 0. The number of amides is 1. The third-order valence-corrected chi connectivity index (χ3v) is 3.05. The smallest absolute Gasteiger partial charge is 0.290 e. The van der Waals surface area contributed by atoms with Crippen molar-refractivity contribution in [2.45, 2.75) is 19.3 Å². The van der Waals surface area contributed by atoms with Crippen molar-refractivity contribution >= 4 is 29.8 Å². The van der Waals surface area contributed by atoms with E-state index in [2.05, 4.69) is 28.2 Å². The number of H-pyrrole nitrogens is 1. The lowest BCUT2D eigenvalue weighted by Crippen LogP contribution is -2.50. The topological polar surface area (TPSA) is 147 Å². The highest BCUT2D eigenvalue weighted by Crippen LogP contribution is 2.17. The zero-order chi connectivity index (χ0) is 18.2. The summed E-state index contributed by atoms with van der Waals surface area (Å²) in [5.74, 6) is 0.124. The van der Waals surface area contributed by atoms with Gasteiger partial charge in [-0.1, -0.05) is 18.2 Å². The van der Waals surface area contributed by atoms with E-state index in [4.69, 9.17) is 19.8 Å². The van der Waals surface area contributed by atoms with Gasteiger partial charge in [0.1, 0.15) is 0 Å². The maximum absolute atomic E-state index is 11.4. The second kappa shape index (κ2) is 13.8. The van der Waals surface area contributed by atoms with E-state index in [1.165, 1.54) is 10.9 Å². The standard InChI is InChI=1S/C14H19N3O.2CH2O2/c15-8-3-6-14(18)16-9-7-11-10-17-13-5-2-1-4-12(11)13;2*2-1-3/h1-2,4-5,10,17H,3,6-9,15H2,(H,16,18);2*1H,(H,2,3)/p+1. The van der Waals surface area contributed by atoms with Crippen LogP contribution in [0.15, 0.2) is 30.5 Å². The Morgan fingerprint density at radius 3 is 2.46 bits per heavy atom. The number of carboxylic acid groups (broad SMARTS) is 2. The molecule has 2 aromatic rings. The molecular formula is C16H24N3O5+. The molecule has 8 heteroatoms. The first-order chi connectivity index (χ1) is 11.6. The normalized spacial score (nSPS) is 9.04. The molecule has 0 spiro atoms. The molecule has 0 saturated heterocycles. The molecule has 0 radical (unpaired) electrons. The lowest BCUT2D eigenvalue weighted by molar-refractivity contribution is -0.368. The number of aromatic amines is 1. The Balaban J connectivity index is 0.000000772. The van der Waals surface area contributed by atoms with Crippen LogP contribution in [0.25, 0.3) is 10.9 Å². The van der Waals surface area contributed by atoms with Crippen LogP contribution in [0.3, 0.4) is 0 Å². The second-order valence-electron chi connectivity index (χ2n) is 4.63. The third kappa shape index (κ3) is 8.54.